The molecule has 1 aliphatic rings. The Morgan fingerprint density at radius 3 is 3.16 bits per heavy atom. The van der Waals surface area contributed by atoms with Crippen molar-refractivity contribution < 1.29 is 4.74 Å². The van der Waals surface area contributed by atoms with Gasteiger partial charge in [-0.2, -0.15) is 5.26 Å². The van der Waals surface area contributed by atoms with Gasteiger partial charge in [0.25, 0.3) is 0 Å². The maximum absolute atomic E-state index is 9.06. The van der Waals surface area contributed by atoms with E-state index < -0.39 is 0 Å². The van der Waals surface area contributed by atoms with Crippen LogP contribution in [0.5, 0.6) is 0 Å². The molecule has 0 N–H and O–H groups in total. The van der Waals surface area contributed by atoms with Crippen LogP contribution in [0, 0.1) is 11.3 Å². The SMILES string of the molecule is N#Cc1ccccc1Cn1cc(C2OCCS2)nn1. The fraction of sp³-hybridized carbons (Fsp3) is 0.308. The van der Waals surface area contributed by atoms with Crippen LogP contribution in [0.15, 0.2) is 30.5 Å². The van der Waals surface area contributed by atoms with Crippen LogP contribution < -0.4 is 0 Å². The molecule has 19 heavy (non-hydrogen) atoms. The van der Waals surface area contributed by atoms with Gasteiger partial charge in [0, 0.05) is 5.75 Å². The van der Waals surface area contributed by atoms with Gasteiger partial charge in [0.2, 0.25) is 0 Å². The van der Waals surface area contributed by atoms with Crippen molar-refractivity contribution in [2.75, 3.05) is 12.4 Å². The molecule has 0 aliphatic carbocycles. The van der Waals surface area contributed by atoms with E-state index in [1.807, 2.05) is 30.5 Å². The van der Waals surface area contributed by atoms with Gasteiger partial charge in [-0.25, -0.2) is 4.68 Å². The summed E-state index contributed by atoms with van der Waals surface area (Å²) < 4.78 is 7.29. The lowest BCUT2D eigenvalue weighted by molar-refractivity contribution is 0.142. The first-order valence-electron chi connectivity index (χ1n) is 5.98. The van der Waals surface area contributed by atoms with Gasteiger partial charge >= 0.3 is 0 Å². The minimum atomic E-state index is -0.0000365. The van der Waals surface area contributed by atoms with Crippen molar-refractivity contribution in [3.05, 3.63) is 47.3 Å². The van der Waals surface area contributed by atoms with E-state index in [4.69, 9.17) is 10.00 Å². The average Bonchev–Trinajstić information content (AvgIpc) is 3.09. The van der Waals surface area contributed by atoms with Crippen LogP contribution in [-0.2, 0) is 11.3 Å². The number of aromatic nitrogens is 3. The molecule has 1 atom stereocenters. The summed E-state index contributed by atoms with van der Waals surface area (Å²) in [6.45, 7) is 1.31. The van der Waals surface area contributed by atoms with E-state index in [9.17, 15) is 0 Å². The van der Waals surface area contributed by atoms with E-state index in [-0.39, 0.29) is 5.44 Å². The lowest BCUT2D eigenvalue weighted by atomic mass is 10.1. The first-order valence-corrected chi connectivity index (χ1v) is 7.03. The van der Waals surface area contributed by atoms with Crippen molar-refractivity contribution in [3.8, 4) is 6.07 Å². The fourth-order valence-electron chi connectivity index (χ4n) is 1.97. The van der Waals surface area contributed by atoms with Gasteiger partial charge in [-0.1, -0.05) is 23.4 Å². The molecule has 5 nitrogen and oxygen atoms in total. The van der Waals surface area contributed by atoms with Crippen LogP contribution in [0.25, 0.3) is 0 Å². The van der Waals surface area contributed by atoms with Crippen molar-refractivity contribution in [2.45, 2.75) is 12.0 Å². The number of nitrogens with zero attached hydrogens (tertiary/aromatic N) is 4. The second kappa shape index (κ2) is 5.43. The Balaban J connectivity index is 1.78. The summed E-state index contributed by atoms with van der Waals surface area (Å²) in [5, 5.41) is 17.3. The Hall–Kier alpha value is -1.84. The molecule has 96 valence electrons. The minimum Gasteiger partial charge on any atom is -0.360 e. The van der Waals surface area contributed by atoms with Gasteiger partial charge in [-0.3, -0.25) is 0 Å². The lowest BCUT2D eigenvalue weighted by Crippen LogP contribution is -2.02. The molecule has 2 heterocycles. The number of ether oxygens (including phenoxy) is 1. The van der Waals surface area contributed by atoms with Gasteiger partial charge in [-0.05, 0) is 11.6 Å². The summed E-state index contributed by atoms with van der Waals surface area (Å²) >= 11 is 1.73. The first kappa shape index (κ1) is 12.2. The zero-order chi connectivity index (χ0) is 13.1. The van der Waals surface area contributed by atoms with Gasteiger partial charge in [-0.15, -0.1) is 16.9 Å². The van der Waals surface area contributed by atoms with Crippen LogP contribution in [0.1, 0.15) is 22.3 Å². The monoisotopic (exact) mass is 272 g/mol. The number of rotatable bonds is 3. The fourth-order valence-corrected chi connectivity index (χ4v) is 2.85. The molecule has 3 rings (SSSR count). The molecule has 0 saturated carbocycles. The first-order chi connectivity index (χ1) is 9.36. The van der Waals surface area contributed by atoms with E-state index >= 15 is 0 Å². The van der Waals surface area contributed by atoms with E-state index in [0.29, 0.717) is 12.1 Å². The Morgan fingerprint density at radius 2 is 2.37 bits per heavy atom. The highest BCUT2D eigenvalue weighted by Crippen LogP contribution is 2.33. The van der Waals surface area contributed by atoms with E-state index in [1.165, 1.54) is 0 Å². The molecule has 0 radical (unpaired) electrons. The van der Waals surface area contributed by atoms with Crippen LogP contribution in [0.2, 0.25) is 0 Å². The lowest BCUT2D eigenvalue weighted by Gasteiger charge is -2.04. The third kappa shape index (κ3) is 2.62. The predicted molar refractivity (Wildman–Crippen MR) is 71.4 cm³/mol. The maximum Gasteiger partial charge on any atom is 0.148 e. The Morgan fingerprint density at radius 1 is 1.47 bits per heavy atom. The van der Waals surface area contributed by atoms with Crippen LogP contribution in [0.4, 0.5) is 0 Å². The topological polar surface area (TPSA) is 63.7 Å². The molecule has 1 aliphatic heterocycles. The number of benzene rings is 1. The van der Waals surface area contributed by atoms with Crippen molar-refractivity contribution in [2.24, 2.45) is 0 Å². The highest BCUT2D eigenvalue weighted by molar-refractivity contribution is 7.99. The van der Waals surface area contributed by atoms with Gasteiger partial charge < -0.3 is 4.74 Å². The molecule has 1 aromatic heterocycles. The number of hydrogen-bond acceptors (Lipinski definition) is 5. The molecule has 0 amide bonds. The van der Waals surface area contributed by atoms with E-state index in [1.54, 1.807) is 16.4 Å². The zero-order valence-corrected chi connectivity index (χ0v) is 11.0. The molecule has 0 spiro atoms. The summed E-state index contributed by atoms with van der Waals surface area (Å²) in [5.74, 6) is 0.995. The summed E-state index contributed by atoms with van der Waals surface area (Å²) in [6, 6.07) is 9.71. The van der Waals surface area contributed by atoms with Gasteiger partial charge in [0.05, 0.1) is 31.0 Å². The standard InChI is InChI=1S/C13H12N4OS/c14-7-10-3-1-2-4-11(10)8-17-9-12(15-16-17)13-18-5-6-19-13/h1-4,9,13H,5-6,8H2. The Bertz CT molecular complexity index is 613. The van der Waals surface area contributed by atoms with Gasteiger partial charge in [0.1, 0.15) is 11.1 Å². The van der Waals surface area contributed by atoms with Crippen LogP contribution >= 0.6 is 11.8 Å². The number of thioether (sulfide) groups is 1. The third-order valence-electron chi connectivity index (χ3n) is 2.89. The summed E-state index contributed by atoms with van der Waals surface area (Å²) in [7, 11) is 0. The molecule has 1 fully saturated rings. The van der Waals surface area contributed by atoms with Crippen molar-refractivity contribution in [3.63, 3.8) is 0 Å². The molecule has 1 unspecified atom stereocenters. The molecule has 1 aromatic carbocycles. The molecule has 2 aromatic rings. The van der Waals surface area contributed by atoms with Crippen molar-refractivity contribution >= 4 is 11.8 Å². The van der Waals surface area contributed by atoms with E-state index in [0.717, 1.165) is 23.6 Å². The van der Waals surface area contributed by atoms with Crippen LogP contribution in [0.3, 0.4) is 0 Å². The molecular formula is C13H12N4OS. The Kier molecular flexibility index (Phi) is 3.49. The highest BCUT2D eigenvalue weighted by Gasteiger charge is 2.21. The summed E-state index contributed by atoms with van der Waals surface area (Å²) in [4.78, 5) is 0. The zero-order valence-electron chi connectivity index (χ0n) is 10.2. The number of hydrogen-bond donors (Lipinski definition) is 0. The summed E-state index contributed by atoms with van der Waals surface area (Å²) in [5.41, 5.74) is 2.46. The molecule has 0 bridgehead atoms. The van der Waals surface area contributed by atoms with Crippen molar-refractivity contribution in [1.29, 1.82) is 5.26 Å². The van der Waals surface area contributed by atoms with Crippen LogP contribution in [-0.4, -0.2) is 27.4 Å². The normalized spacial score (nSPS) is 18.4. The summed E-state index contributed by atoms with van der Waals surface area (Å²) in [6.07, 6.45) is 1.89. The smallest absolute Gasteiger partial charge is 0.148 e. The second-order valence-electron chi connectivity index (χ2n) is 4.18. The van der Waals surface area contributed by atoms with E-state index in [2.05, 4.69) is 16.4 Å². The molecular weight excluding hydrogens is 260 g/mol. The second-order valence-corrected chi connectivity index (χ2v) is 5.35. The average molecular weight is 272 g/mol. The molecule has 6 heteroatoms. The largest absolute Gasteiger partial charge is 0.360 e. The third-order valence-corrected chi connectivity index (χ3v) is 3.97. The Labute approximate surface area is 115 Å². The maximum atomic E-state index is 9.06. The quantitative estimate of drug-likeness (QED) is 0.854. The van der Waals surface area contributed by atoms with Gasteiger partial charge in [0.15, 0.2) is 0 Å². The highest BCUT2D eigenvalue weighted by atomic mass is 32.2. The predicted octanol–water partition coefficient (Wildman–Crippen LogP) is 1.96. The van der Waals surface area contributed by atoms with Crippen molar-refractivity contribution in [1.82, 2.24) is 15.0 Å². The molecule has 1 saturated heterocycles. The number of nitriles is 1. The minimum absolute atomic E-state index is 0.0000365.